The molecule has 3 aromatic rings. The second-order valence-electron chi connectivity index (χ2n) is 7.38. The van der Waals surface area contributed by atoms with E-state index in [1.54, 1.807) is 10.7 Å². The third kappa shape index (κ3) is 4.14. The number of anilines is 1. The van der Waals surface area contributed by atoms with Gasteiger partial charge in [-0.25, -0.2) is 9.50 Å². The SMILES string of the molecule is O=C(O)CCc1ccc(-c2cnn3ccc(NC4CCC(O)CC4)nc23)cc1. The van der Waals surface area contributed by atoms with Crippen LogP contribution < -0.4 is 5.32 Å². The summed E-state index contributed by atoms with van der Waals surface area (Å²) in [6.45, 7) is 0. The lowest BCUT2D eigenvalue weighted by atomic mass is 9.93. The zero-order valence-corrected chi connectivity index (χ0v) is 15.6. The second kappa shape index (κ2) is 7.98. The number of fused-ring (bicyclic) bond motifs is 1. The molecule has 3 N–H and O–H groups in total. The smallest absolute Gasteiger partial charge is 0.303 e. The molecule has 2 aromatic heterocycles. The number of aliphatic hydroxyl groups is 1. The Morgan fingerprint density at radius 1 is 1.14 bits per heavy atom. The fraction of sp³-hybridized carbons (Fsp3) is 0.381. The Balaban J connectivity index is 1.53. The number of hydrogen-bond acceptors (Lipinski definition) is 5. The summed E-state index contributed by atoms with van der Waals surface area (Å²) in [5.41, 5.74) is 3.71. The molecule has 1 saturated carbocycles. The van der Waals surface area contributed by atoms with Gasteiger partial charge >= 0.3 is 5.97 Å². The molecule has 0 unspecified atom stereocenters. The number of aliphatic hydroxyl groups excluding tert-OH is 1. The molecular weight excluding hydrogens is 356 g/mol. The average molecular weight is 380 g/mol. The summed E-state index contributed by atoms with van der Waals surface area (Å²) in [4.78, 5) is 15.5. The molecule has 0 amide bonds. The van der Waals surface area contributed by atoms with Gasteiger partial charge in [0.2, 0.25) is 0 Å². The summed E-state index contributed by atoms with van der Waals surface area (Å²) >= 11 is 0. The van der Waals surface area contributed by atoms with Crippen LogP contribution in [0.25, 0.3) is 16.8 Å². The molecule has 0 saturated heterocycles. The molecule has 2 heterocycles. The van der Waals surface area contributed by atoms with E-state index in [-0.39, 0.29) is 12.5 Å². The molecule has 1 fully saturated rings. The molecule has 0 bridgehead atoms. The number of carboxylic acid groups (broad SMARTS) is 1. The van der Waals surface area contributed by atoms with Gasteiger partial charge in [0.15, 0.2) is 5.65 Å². The first-order valence-corrected chi connectivity index (χ1v) is 9.68. The number of aromatic nitrogens is 3. The molecule has 0 aliphatic heterocycles. The van der Waals surface area contributed by atoms with E-state index in [0.717, 1.165) is 53.8 Å². The summed E-state index contributed by atoms with van der Waals surface area (Å²) in [6, 6.07) is 10.1. The first kappa shape index (κ1) is 18.4. The summed E-state index contributed by atoms with van der Waals surface area (Å²) in [5, 5.41) is 26.4. The Hall–Kier alpha value is -2.93. The van der Waals surface area contributed by atoms with E-state index in [4.69, 9.17) is 10.1 Å². The van der Waals surface area contributed by atoms with E-state index < -0.39 is 5.97 Å². The topological polar surface area (TPSA) is 99.8 Å². The zero-order valence-electron chi connectivity index (χ0n) is 15.6. The molecule has 7 nitrogen and oxygen atoms in total. The number of aliphatic carboxylic acids is 1. The molecule has 7 heteroatoms. The van der Waals surface area contributed by atoms with Crippen LogP contribution in [-0.4, -0.2) is 42.9 Å². The minimum atomic E-state index is -0.789. The van der Waals surface area contributed by atoms with Crippen LogP contribution in [0.4, 0.5) is 5.82 Å². The number of carboxylic acids is 1. The lowest BCUT2D eigenvalue weighted by molar-refractivity contribution is -0.136. The number of hydrogen-bond donors (Lipinski definition) is 3. The highest BCUT2D eigenvalue weighted by Crippen LogP contribution is 2.26. The number of benzene rings is 1. The van der Waals surface area contributed by atoms with Gasteiger partial charge in [0, 0.05) is 24.2 Å². The van der Waals surface area contributed by atoms with Crippen LogP contribution in [0.2, 0.25) is 0 Å². The normalized spacial score (nSPS) is 19.6. The molecule has 0 atom stereocenters. The van der Waals surface area contributed by atoms with Crippen LogP contribution >= 0.6 is 0 Å². The first-order valence-electron chi connectivity index (χ1n) is 9.68. The second-order valence-corrected chi connectivity index (χ2v) is 7.38. The van der Waals surface area contributed by atoms with Crippen molar-refractivity contribution in [3.05, 3.63) is 48.3 Å². The summed E-state index contributed by atoms with van der Waals surface area (Å²) in [5.74, 6) is 0.0251. The maximum absolute atomic E-state index is 10.7. The van der Waals surface area contributed by atoms with Crippen molar-refractivity contribution in [2.75, 3.05) is 5.32 Å². The van der Waals surface area contributed by atoms with Gasteiger partial charge in [0.1, 0.15) is 5.82 Å². The molecule has 28 heavy (non-hydrogen) atoms. The lowest BCUT2D eigenvalue weighted by Gasteiger charge is -2.26. The Labute approximate surface area is 163 Å². The van der Waals surface area contributed by atoms with Crippen molar-refractivity contribution in [2.24, 2.45) is 0 Å². The van der Waals surface area contributed by atoms with E-state index in [9.17, 15) is 9.90 Å². The Morgan fingerprint density at radius 3 is 2.61 bits per heavy atom. The fourth-order valence-corrected chi connectivity index (χ4v) is 3.68. The molecule has 1 aliphatic carbocycles. The minimum Gasteiger partial charge on any atom is -0.481 e. The molecule has 1 aliphatic rings. The van der Waals surface area contributed by atoms with Crippen LogP contribution in [0.3, 0.4) is 0 Å². The van der Waals surface area contributed by atoms with Gasteiger partial charge in [-0.2, -0.15) is 5.10 Å². The maximum Gasteiger partial charge on any atom is 0.303 e. The largest absolute Gasteiger partial charge is 0.481 e. The van der Waals surface area contributed by atoms with Crippen molar-refractivity contribution >= 4 is 17.4 Å². The van der Waals surface area contributed by atoms with E-state index in [1.807, 2.05) is 36.5 Å². The number of nitrogens with one attached hydrogen (secondary N) is 1. The van der Waals surface area contributed by atoms with E-state index in [0.29, 0.717) is 12.5 Å². The van der Waals surface area contributed by atoms with Crippen molar-refractivity contribution in [1.82, 2.24) is 14.6 Å². The quantitative estimate of drug-likeness (QED) is 0.608. The molecular formula is C21H24N4O3. The minimum absolute atomic E-state index is 0.130. The van der Waals surface area contributed by atoms with Crippen LogP contribution in [0.1, 0.15) is 37.7 Å². The van der Waals surface area contributed by atoms with Crippen molar-refractivity contribution in [2.45, 2.75) is 50.7 Å². The fourth-order valence-electron chi connectivity index (χ4n) is 3.68. The third-order valence-corrected chi connectivity index (χ3v) is 5.31. The summed E-state index contributed by atoms with van der Waals surface area (Å²) in [6.07, 6.45) is 7.71. The van der Waals surface area contributed by atoms with Gasteiger partial charge in [-0.15, -0.1) is 0 Å². The standard InChI is InChI=1S/C21H24N4O3/c26-17-8-6-16(7-9-17)23-19-11-12-25-21(24-19)18(13-22-25)15-4-1-14(2-5-15)3-10-20(27)28/h1-2,4-5,11-13,16-17,26H,3,6-10H2,(H,23,24)(H,27,28). The summed E-state index contributed by atoms with van der Waals surface area (Å²) in [7, 11) is 0. The van der Waals surface area contributed by atoms with E-state index in [1.165, 1.54) is 0 Å². The molecule has 0 radical (unpaired) electrons. The maximum atomic E-state index is 10.7. The van der Waals surface area contributed by atoms with Crippen LogP contribution in [-0.2, 0) is 11.2 Å². The third-order valence-electron chi connectivity index (χ3n) is 5.31. The Bertz CT molecular complexity index is 959. The van der Waals surface area contributed by atoms with Crippen LogP contribution in [0.15, 0.2) is 42.7 Å². The van der Waals surface area contributed by atoms with Crippen molar-refractivity contribution in [1.29, 1.82) is 0 Å². The number of carbonyl (C=O) groups is 1. The molecule has 146 valence electrons. The highest BCUT2D eigenvalue weighted by atomic mass is 16.4. The van der Waals surface area contributed by atoms with Gasteiger partial charge in [0.05, 0.1) is 12.3 Å². The highest BCUT2D eigenvalue weighted by Gasteiger charge is 2.19. The Morgan fingerprint density at radius 2 is 1.89 bits per heavy atom. The number of aryl methyl sites for hydroxylation is 1. The first-order chi connectivity index (χ1) is 13.6. The van der Waals surface area contributed by atoms with Crippen molar-refractivity contribution in [3.8, 4) is 11.1 Å². The highest BCUT2D eigenvalue weighted by molar-refractivity contribution is 5.77. The zero-order chi connectivity index (χ0) is 19.5. The number of rotatable bonds is 6. The predicted molar refractivity (Wildman–Crippen MR) is 106 cm³/mol. The van der Waals surface area contributed by atoms with Crippen molar-refractivity contribution in [3.63, 3.8) is 0 Å². The monoisotopic (exact) mass is 380 g/mol. The predicted octanol–water partition coefficient (Wildman–Crippen LogP) is 3.13. The number of nitrogens with zero attached hydrogens (tertiary/aromatic N) is 3. The Kier molecular flexibility index (Phi) is 5.25. The van der Waals surface area contributed by atoms with Crippen LogP contribution in [0, 0.1) is 0 Å². The van der Waals surface area contributed by atoms with Crippen molar-refractivity contribution < 1.29 is 15.0 Å². The lowest BCUT2D eigenvalue weighted by Crippen LogP contribution is -2.28. The van der Waals surface area contributed by atoms with E-state index >= 15 is 0 Å². The van der Waals surface area contributed by atoms with Gasteiger partial charge in [-0.1, -0.05) is 24.3 Å². The van der Waals surface area contributed by atoms with Gasteiger partial charge < -0.3 is 15.5 Å². The summed E-state index contributed by atoms with van der Waals surface area (Å²) < 4.78 is 1.75. The van der Waals surface area contributed by atoms with E-state index in [2.05, 4.69) is 10.4 Å². The molecule has 0 spiro atoms. The molecule has 4 rings (SSSR count). The average Bonchev–Trinajstić information content (AvgIpc) is 3.12. The van der Waals surface area contributed by atoms with Crippen LogP contribution in [0.5, 0.6) is 0 Å². The molecule has 1 aromatic carbocycles. The van der Waals surface area contributed by atoms with Gasteiger partial charge in [-0.05, 0) is 49.3 Å². The van der Waals surface area contributed by atoms with Gasteiger partial charge in [-0.3, -0.25) is 4.79 Å². The van der Waals surface area contributed by atoms with Gasteiger partial charge in [0.25, 0.3) is 0 Å².